The van der Waals surface area contributed by atoms with Gasteiger partial charge in [0.15, 0.2) is 0 Å². The SMILES string of the molecule is C#CC(=O)Nc1cc(C(=O)Nc2nc3cccc(Cl)c3n2[C@@H]2CCCCN(C(C)=O)C2)cs1. The lowest BCUT2D eigenvalue weighted by Crippen LogP contribution is -2.34. The molecule has 1 aromatic carbocycles. The number of nitrogens with zero attached hydrogens (tertiary/aromatic N) is 3. The number of benzene rings is 1. The van der Waals surface area contributed by atoms with E-state index in [1.54, 1.807) is 24.4 Å². The first-order chi connectivity index (χ1) is 15.9. The number of carbonyl (C=O) groups excluding carboxylic acids is 3. The fourth-order valence-corrected chi connectivity index (χ4v) is 5.05. The number of terminal acetylenes is 1. The van der Waals surface area contributed by atoms with Crippen LogP contribution in [0.25, 0.3) is 11.0 Å². The third kappa shape index (κ3) is 4.87. The average Bonchev–Trinajstić information content (AvgIpc) is 3.31. The molecule has 1 aliphatic heterocycles. The minimum Gasteiger partial charge on any atom is -0.341 e. The first-order valence-electron chi connectivity index (χ1n) is 10.5. The van der Waals surface area contributed by atoms with E-state index in [1.807, 2.05) is 27.5 Å². The molecule has 0 unspecified atom stereocenters. The number of thiophene rings is 1. The van der Waals surface area contributed by atoms with Gasteiger partial charge in [0.1, 0.15) is 0 Å². The lowest BCUT2D eigenvalue weighted by molar-refractivity contribution is -0.129. The number of imidazole rings is 1. The minimum absolute atomic E-state index is 0.0165. The monoisotopic (exact) mass is 483 g/mol. The van der Waals surface area contributed by atoms with Gasteiger partial charge >= 0.3 is 5.91 Å². The summed E-state index contributed by atoms with van der Waals surface area (Å²) in [6.45, 7) is 2.78. The molecule has 0 bridgehead atoms. The van der Waals surface area contributed by atoms with Crippen LogP contribution in [0.15, 0.2) is 29.6 Å². The molecule has 33 heavy (non-hydrogen) atoms. The Morgan fingerprint density at radius 3 is 2.85 bits per heavy atom. The van der Waals surface area contributed by atoms with Crippen molar-refractivity contribution in [2.75, 3.05) is 23.7 Å². The van der Waals surface area contributed by atoms with Gasteiger partial charge in [-0.15, -0.1) is 17.8 Å². The van der Waals surface area contributed by atoms with Gasteiger partial charge in [-0.2, -0.15) is 0 Å². The van der Waals surface area contributed by atoms with Crippen molar-refractivity contribution in [2.24, 2.45) is 0 Å². The van der Waals surface area contributed by atoms with Crippen LogP contribution in [0.4, 0.5) is 10.9 Å². The molecule has 10 heteroatoms. The van der Waals surface area contributed by atoms with E-state index in [1.165, 1.54) is 11.3 Å². The van der Waals surface area contributed by atoms with Gasteiger partial charge in [0.05, 0.1) is 32.7 Å². The molecular formula is C23H22ClN5O3S. The lowest BCUT2D eigenvalue weighted by Gasteiger charge is -2.26. The molecule has 0 saturated carbocycles. The molecule has 3 aromatic rings. The molecule has 2 N–H and O–H groups in total. The van der Waals surface area contributed by atoms with Crippen molar-refractivity contribution in [1.29, 1.82) is 0 Å². The molecule has 3 heterocycles. The summed E-state index contributed by atoms with van der Waals surface area (Å²) in [6, 6.07) is 6.89. The second-order valence-corrected chi connectivity index (χ2v) is 9.10. The van der Waals surface area contributed by atoms with E-state index in [2.05, 4.69) is 15.6 Å². The number of amides is 3. The normalized spacial score (nSPS) is 16.2. The highest BCUT2D eigenvalue weighted by molar-refractivity contribution is 7.14. The third-order valence-corrected chi connectivity index (χ3v) is 6.72. The summed E-state index contributed by atoms with van der Waals surface area (Å²) in [5.41, 5.74) is 1.74. The van der Waals surface area contributed by atoms with Crippen LogP contribution in [-0.2, 0) is 9.59 Å². The van der Waals surface area contributed by atoms with Crippen molar-refractivity contribution in [2.45, 2.75) is 32.2 Å². The first kappa shape index (κ1) is 22.8. The molecule has 170 valence electrons. The number of anilines is 2. The summed E-state index contributed by atoms with van der Waals surface area (Å²) < 4.78 is 1.93. The Balaban J connectivity index is 1.69. The highest BCUT2D eigenvalue weighted by atomic mass is 35.5. The smallest absolute Gasteiger partial charge is 0.300 e. The predicted molar refractivity (Wildman–Crippen MR) is 130 cm³/mol. The van der Waals surface area contributed by atoms with E-state index in [0.717, 1.165) is 24.8 Å². The van der Waals surface area contributed by atoms with Crippen LogP contribution >= 0.6 is 22.9 Å². The highest BCUT2D eigenvalue weighted by Gasteiger charge is 2.27. The molecule has 1 atom stereocenters. The van der Waals surface area contributed by atoms with Crippen LogP contribution in [-0.4, -0.2) is 45.3 Å². The molecule has 0 aliphatic carbocycles. The van der Waals surface area contributed by atoms with Crippen LogP contribution in [0.2, 0.25) is 5.02 Å². The molecule has 8 nitrogen and oxygen atoms in total. The van der Waals surface area contributed by atoms with Crippen molar-refractivity contribution >= 4 is 62.6 Å². The van der Waals surface area contributed by atoms with E-state index < -0.39 is 5.91 Å². The predicted octanol–water partition coefficient (Wildman–Crippen LogP) is 4.15. The van der Waals surface area contributed by atoms with Crippen LogP contribution in [0.1, 0.15) is 42.6 Å². The molecule has 2 aromatic heterocycles. The zero-order valence-corrected chi connectivity index (χ0v) is 19.5. The van der Waals surface area contributed by atoms with Crippen molar-refractivity contribution in [3.05, 3.63) is 40.2 Å². The first-order valence-corrected chi connectivity index (χ1v) is 11.7. The summed E-state index contributed by atoms with van der Waals surface area (Å²) in [5, 5.41) is 8.05. The largest absolute Gasteiger partial charge is 0.341 e. The molecule has 0 radical (unpaired) electrons. The van der Waals surface area contributed by atoms with Gasteiger partial charge in [-0.25, -0.2) is 4.98 Å². The van der Waals surface area contributed by atoms with Crippen molar-refractivity contribution in [3.8, 4) is 12.3 Å². The zero-order chi connectivity index (χ0) is 23.5. The summed E-state index contributed by atoms with van der Waals surface area (Å²) >= 11 is 7.74. The number of para-hydroxylation sites is 1. The maximum absolute atomic E-state index is 13.0. The van der Waals surface area contributed by atoms with Crippen molar-refractivity contribution in [1.82, 2.24) is 14.5 Å². The summed E-state index contributed by atoms with van der Waals surface area (Å²) in [4.78, 5) is 43.0. The molecule has 3 amide bonds. The Bertz CT molecular complexity index is 1270. The number of aromatic nitrogens is 2. The quantitative estimate of drug-likeness (QED) is 0.545. The Hall–Kier alpha value is -3.35. The van der Waals surface area contributed by atoms with Gasteiger partial charge < -0.3 is 14.8 Å². The summed E-state index contributed by atoms with van der Waals surface area (Å²) in [5.74, 6) is 1.39. The van der Waals surface area contributed by atoms with Crippen molar-refractivity contribution < 1.29 is 14.4 Å². The number of carbonyl (C=O) groups is 3. The fraction of sp³-hybridized carbons (Fsp3) is 0.304. The standard InChI is InChI=1S/C23H22ClN5O3S/c1-3-19(31)26-20-11-15(13-33-20)22(32)27-23-25-18-9-6-8-17(24)21(18)29(23)16-7-4-5-10-28(12-16)14(2)30/h1,6,8-9,11,13,16H,4-5,7,10,12H2,2H3,(H,26,31)(H,25,27,32)/t16-/m1/s1. The Morgan fingerprint density at radius 2 is 2.09 bits per heavy atom. The van der Waals surface area contributed by atoms with E-state index in [-0.39, 0.29) is 17.9 Å². The Labute approximate surface area is 199 Å². The molecule has 1 aliphatic rings. The summed E-state index contributed by atoms with van der Waals surface area (Å²) in [7, 11) is 0. The summed E-state index contributed by atoms with van der Waals surface area (Å²) in [6.07, 6.45) is 7.76. The Kier molecular flexibility index (Phi) is 6.67. The van der Waals surface area contributed by atoms with Gasteiger partial charge in [-0.3, -0.25) is 19.7 Å². The fourth-order valence-electron chi connectivity index (χ4n) is 4.01. The number of rotatable bonds is 4. The number of halogens is 1. The van der Waals surface area contributed by atoms with Gasteiger partial charge in [-0.1, -0.05) is 17.7 Å². The van der Waals surface area contributed by atoms with Gasteiger partial charge in [0.25, 0.3) is 5.91 Å². The zero-order valence-electron chi connectivity index (χ0n) is 17.9. The van der Waals surface area contributed by atoms with E-state index in [4.69, 9.17) is 18.0 Å². The number of hydrogen-bond acceptors (Lipinski definition) is 5. The topological polar surface area (TPSA) is 96.3 Å². The van der Waals surface area contributed by atoms with Gasteiger partial charge in [0, 0.05) is 25.4 Å². The molecule has 1 saturated heterocycles. The van der Waals surface area contributed by atoms with Crippen LogP contribution < -0.4 is 10.6 Å². The van der Waals surface area contributed by atoms with E-state index in [9.17, 15) is 14.4 Å². The number of likely N-dealkylation sites (tertiary alicyclic amines) is 1. The third-order valence-electron chi connectivity index (χ3n) is 5.57. The highest BCUT2D eigenvalue weighted by Crippen LogP contribution is 2.34. The number of fused-ring (bicyclic) bond motifs is 1. The second-order valence-electron chi connectivity index (χ2n) is 7.78. The molecular weight excluding hydrogens is 462 g/mol. The Morgan fingerprint density at radius 1 is 1.27 bits per heavy atom. The second kappa shape index (κ2) is 9.65. The minimum atomic E-state index is -0.580. The van der Waals surface area contributed by atoms with Crippen LogP contribution in [0.5, 0.6) is 0 Å². The number of hydrogen-bond donors (Lipinski definition) is 2. The average molecular weight is 484 g/mol. The lowest BCUT2D eigenvalue weighted by atomic mass is 10.1. The van der Waals surface area contributed by atoms with Crippen LogP contribution in [0, 0.1) is 12.3 Å². The molecule has 1 fully saturated rings. The van der Waals surface area contributed by atoms with Crippen molar-refractivity contribution in [3.63, 3.8) is 0 Å². The van der Waals surface area contributed by atoms with Gasteiger partial charge in [0.2, 0.25) is 11.9 Å². The molecule has 0 spiro atoms. The van der Waals surface area contributed by atoms with E-state index >= 15 is 0 Å². The number of nitrogens with one attached hydrogen (secondary N) is 2. The van der Waals surface area contributed by atoms with E-state index in [0.29, 0.717) is 40.1 Å². The maximum Gasteiger partial charge on any atom is 0.300 e. The maximum atomic E-state index is 13.0. The molecule has 4 rings (SSSR count). The van der Waals surface area contributed by atoms with Gasteiger partial charge in [-0.05, 0) is 43.4 Å². The van der Waals surface area contributed by atoms with Crippen LogP contribution in [0.3, 0.4) is 0 Å².